The molecule has 0 aliphatic heterocycles. The van der Waals surface area contributed by atoms with Crippen LogP contribution in [0.25, 0.3) is 0 Å². The van der Waals surface area contributed by atoms with E-state index in [1.54, 1.807) is 48.5 Å². The zero-order chi connectivity index (χ0) is 24.7. The normalized spacial score (nSPS) is 13.1. The average Bonchev–Trinajstić information content (AvgIpc) is 2.80. The number of rotatable bonds is 5. The first-order valence-corrected chi connectivity index (χ1v) is 11.8. The number of halogens is 1. The van der Waals surface area contributed by atoms with Crippen LogP contribution in [0, 0.1) is 5.41 Å². The van der Waals surface area contributed by atoms with Crippen molar-refractivity contribution >= 4 is 39.1 Å². The summed E-state index contributed by atoms with van der Waals surface area (Å²) in [6, 6.07) is 22.0. The van der Waals surface area contributed by atoms with Crippen molar-refractivity contribution in [2.75, 3.05) is 5.32 Å². The molecule has 3 aromatic carbocycles. The highest BCUT2D eigenvalue weighted by Gasteiger charge is 2.25. The lowest BCUT2D eigenvalue weighted by molar-refractivity contribution is -0.126. The lowest BCUT2D eigenvalue weighted by Gasteiger charge is -2.17. The molecule has 0 radical (unpaired) electrons. The van der Waals surface area contributed by atoms with Crippen LogP contribution in [-0.4, -0.2) is 17.5 Å². The maximum atomic E-state index is 12.4. The van der Waals surface area contributed by atoms with Gasteiger partial charge in [0.15, 0.2) is 0 Å². The first kappa shape index (κ1) is 25.1. The predicted octanol–water partition coefficient (Wildman–Crippen LogP) is 5.78. The van der Waals surface area contributed by atoms with E-state index in [-0.39, 0.29) is 17.5 Å². The van der Waals surface area contributed by atoms with Crippen molar-refractivity contribution in [3.05, 3.63) is 112 Å². The SMILES string of the molecule is C=C1CCc2cc(Br)ccc2C1.CC(=O)C(C(=O)Nc1ccc(C(=N)N)cc1)c1ccccc1. The number of hydrogen-bond acceptors (Lipinski definition) is 3. The predicted molar refractivity (Wildman–Crippen MR) is 141 cm³/mol. The molecule has 0 saturated heterocycles. The minimum absolute atomic E-state index is 0.0382. The minimum Gasteiger partial charge on any atom is -0.384 e. The number of amides is 1. The summed E-state index contributed by atoms with van der Waals surface area (Å²) in [4.78, 5) is 24.2. The molecule has 0 spiro atoms. The van der Waals surface area contributed by atoms with Gasteiger partial charge in [0.1, 0.15) is 17.5 Å². The van der Waals surface area contributed by atoms with Crippen molar-refractivity contribution in [2.45, 2.75) is 32.1 Å². The highest BCUT2D eigenvalue weighted by molar-refractivity contribution is 9.10. The number of nitrogens with two attached hydrogens (primary N) is 1. The number of hydrogen-bond donors (Lipinski definition) is 3. The number of nitrogens with one attached hydrogen (secondary N) is 2. The fraction of sp³-hybridized carbons (Fsp3) is 0.179. The standard InChI is InChI=1S/C17H17N3O2.C11H11Br/c1-11(21)15(12-5-3-2-4-6-12)17(22)20-14-9-7-13(8-10-14)16(18)19;1-8-2-3-10-7-11(12)5-4-9(10)6-8/h2-10,15H,1H3,(H3,18,19)(H,20,22);4-5,7H,1-3,6H2. The van der Waals surface area contributed by atoms with Crippen molar-refractivity contribution in [3.63, 3.8) is 0 Å². The Kier molecular flexibility index (Phi) is 8.55. The molecule has 0 saturated carbocycles. The van der Waals surface area contributed by atoms with E-state index in [4.69, 9.17) is 11.1 Å². The molecule has 1 aliphatic rings. The third-order valence-electron chi connectivity index (χ3n) is 5.62. The zero-order valence-electron chi connectivity index (χ0n) is 19.1. The number of nitrogen functional groups attached to an aromatic ring is 1. The summed E-state index contributed by atoms with van der Waals surface area (Å²) in [5.74, 6) is -1.48. The largest absolute Gasteiger partial charge is 0.384 e. The smallest absolute Gasteiger partial charge is 0.239 e. The summed E-state index contributed by atoms with van der Waals surface area (Å²) in [5.41, 5.74) is 11.5. The Hall–Kier alpha value is -3.51. The molecular weight excluding hydrogens is 490 g/mol. The number of benzene rings is 3. The topological polar surface area (TPSA) is 96.0 Å². The van der Waals surface area contributed by atoms with Gasteiger partial charge in [-0.05, 0) is 79.3 Å². The third-order valence-corrected chi connectivity index (χ3v) is 6.11. The minimum atomic E-state index is -0.839. The van der Waals surface area contributed by atoms with Crippen LogP contribution in [-0.2, 0) is 22.4 Å². The van der Waals surface area contributed by atoms with Crippen molar-refractivity contribution in [3.8, 4) is 0 Å². The van der Waals surface area contributed by atoms with Crippen LogP contribution >= 0.6 is 15.9 Å². The Bertz CT molecular complexity index is 1200. The Morgan fingerprint density at radius 2 is 1.68 bits per heavy atom. The first-order chi connectivity index (χ1) is 16.2. The Morgan fingerprint density at radius 1 is 1.00 bits per heavy atom. The van der Waals surface area contributed by atoms with Crippen molar-refractivity contribution < 1.29 is 9.59 Å². The molecule has 1 amide bonds. The summed E-state index contributed by atoms with van der Waals surface area (Å²) in [6.45, 7) is 5.42. The second-order valence-electron chi connectivity index (χ2n) is 8.27. The Labute approximate surface area is 208 Å². The van der Waals surface area contributed by atoms with E-state index < -0.39 is 5.92 Å². The number of anilines is 1. The number of fused-ring (bicyclic) bond motifs is 1. The molecule has 34 heavy (non-hydrogen) atoms. The summed E-state index contributed by atoms with van der Waals surface area (Å²) < 4.78 is 1.19. The van der Waals surface area contributed by atoms with Gasteiger partial charge < -0.3 is 11.1 Å². The molecule has 4 rings (SSSR count). The quantitative estimate of drug-likeness (QED) is 0.173. The molecule has 4 N–H and O–H groups in total. The molecule has 5 nitrogen and oxygen atoms in total. The van der Waals surface area contributed by atoms with Crippen LogP contribution < -0.4 is 11.1 Å². The third kappa shape index (κ3) is 6.75. The van der Waals surface area contributed by atoms with Gasteiger partial charge in [-0.2, -0.15) is 0 Å². The van der Waals surface area contributed by atoms with Gasteiger partial charge in [0.2, 0.25) is 5.91 Å². The van der Waals surface area contributed by atoms with Gasteiger partial charge in [0.05, 0.1) is 0 Å². The summed E-state index contributed by atoms with van der Waals surface area (Å²) in [5, 5.41) is 10.0. The van der Waals surface area contributed by atoms with Gasteiger partial charge in [-0.1, -0.05) is 64.5 Å². The van der Waals surface area contributed by atoms with Crippen LogP contribution in [0.5, 0.6) is 0 Å². The van der Waals surface area contributed by atoms with E-state index in [1.807, 2.05) is 6.07 Å². The fourth-order valence-electron chi connectivity index (χ4n) is 3.83. The average molecular weight is 518 g/mol. The van der Waals surface area contributed by atoms with Crippen LogP contribution in [0.4, 0.5) is 5.69 Å². The molecule has 3 aromatic rings. The summed E-state index contributed by atoms with van der Waals surface area (Å²) >= 11 is 3.48. The van der Waals surface area contributed by atoms with Crippen molar-refractivity contribution in [1.82, 2.24) is 0 Å². The van der Waals surface area contributed by atoms with E-state index >= 15 is 0 Å². The number of carbonyl (C=O) groups is 2. The van der Waals surface area contributed by atoms with Crippen LogP contribution in [0.15, 0.2) is 89.4 Å². The second-order valence-corrected chi connectivity index (χ2v) is 9.19. The molecule has 1 unspecified atom stereocenters. The van der Waals surface area contributed by atoms with Crippen LogP contribution in [0.2, 0.25) is 0 Å². The number of amidine groups is 1. The molecule has 0 fully saturated rings. The van der Waals surface area contributed by atoms with E-state index in [1.165, 1.54) is 28.1 Å². The fourth-order valence-corrected chi connectivity index (χ4v) is 4.24. The van der Waals surface area contributed by atoms with Crippen LogP contribution in [0.3, 0.4) is 0 Å². The van der Waals surface area contributed by atoms with Crippen molar-refractivity contribution in [2.24, 2.45) is 5.73 Å². The number of allylic oxidation sites excluding steroid dienone is 1. The van der Waals surface area contributed by atoms with Gasteiger partial charge in [0, 0.05) is 15.7 Å². The van der Waals surface area contributed by atoms with E-state index in [0.717, 1.165) is 19.3 Å². The molecular formula is C28H28BrN3O2. The van der Waals surface area contributed by atoms with E-state index in [2.05, 4.69) is 46.0 Å². The monoisotopic (exact) mass is 517 g/mol. The first-order valence-electron chi connectivity index (χ1n) is 11.0. The van der Waals surface area contributed by atoms with Gasteiger partial charge in [-0.15, -0.1) is 0 Å². The maximum Gasteiger partial charge on any atom is 0.239 e. The summed E-state index contributed by atoms with van der Waals surface area (Å²) in [6.07, 6.45) is 3.39. The number of aryl methyl sites for hydroxylation is 1. The lowest BCUT2D eigenvalue weighted by atomic mass is 9.89. The zero-order valence-corrected chi connectivity index (χ0v) is 20.7. The van der Waals surface area contributed by atoms with Crippen molar-refractivity contribution in [1.29, 1.82) is 5.41 Å². The van der Waals surface area contributed by atoms with Gasteiger partial charge in [0.25, 0.3) is 0 Å². The van der Waals surface area contributed by atoms with E-state index in [0.29, 0.717) is 16.8 Å². The molecule has 174 valence electrons. The molecule has 6 heteroatoms. The molecule has 0 aromatic heterocycles. The summed E-state index contributed by atoms with van der Waals surface area (Å²) in [7, 11) is 0. The van der Waals surface area contributed by atoms with Gasteiger partial charge in [-0.25, -0.2) is 0 Å². The second kappa shape index (κ2) is 11.6. The molecule has 0 bridgehead atoms. The van der Waals surface area contributed by atoms with E-state index in [9.17, 15) is 9.59 Å². The van der Waals surface area contributed by atoms with Gasteiger partial charge in [-0.3, -0.25) is 15.0 Å². The molecule has 1 aliphatic carbocycles. The number of carbonyl (C=O) groups excluding carboxylic acids is 2. The number of Topliss-reactive ketones (excluding diaryl/α,β-unsaturated/α-hetero) is 1. The van der Waals surface area contributed by atoms with Crippen LogP contribution in [0.1, 0.15) is 41.5 Å². The Balaban J connectivity index is 0.000000226. The maximum absolute atomic E-state index is 12.4. The molecule has 0 heterocycles. The highest BCUT2D eigenvalue weighted by Crippen LogP contribution is 2.26. The highest BCUT2D eigenvalue weighted by atomic mass is 79.9. The number of ketones is 1. The van der Waals surface area contributed by atoms with Gasteiger partial charge >= 0.3 is 0 Å². The molecule has 1 atom stereocenters. The lowest BCUT2D eigenvalue weighted by Crippen LogP contribution is -2.26. The Morgan fingerprint density at radius 3 is 2.29 bits per heavy atom.